The molecule has 2 heteroatoms. The molecule has 3 rings (SSSR count). The Hall–Kier alpha value is -0.0800. The summed E-state index contributed by atoms with van der Waals surface area (Å²) in [5.41, 5.74) is 5.77. The standard InChI is InChI=1S/C9H17NO/c10-6-5-9-3-1-8(2-4-9)7-11-9/h8H,1-7,10H2. The van der Waals surface area contributed by atoms with Crippen LogP contribution in [0.1, 0.15) is 32.1 Å². The summed E-state index contributed by atoms with van der Waals surface area (Å²) in [6.07, 6.45) is 6.34. The molecule has 0 radical (unpaired) electrons. The van der Waals surface area contributed by atoms with E-state index in [4.69, 9.17) is 10.5 Å². The monoisotopic (exact) mass is 155 g/mol. The van der Waals surface area contributed by atoms with Crippen molar-refractivity contribution in [2.45, 2.75) is 37.7 Å². The molecular formula is C9H17NO. The Morgan fingerprint density at radius 2 is 2.09 bits per heavy atom. The molecule has 2 saturated heterocycles. The summed E-state index contributed by atoms with van der Waals surface area (Å²) in [6, 6.07) is 0. The zero-order chi connectivity index (χ0) is 7.73. The van der Waals surface area contributed by atoms with Gasteiger partial charge < -0.3 is 10.5 Å². The van der Waals surface area contributed by atoms with Crippen molar-refractivity contribution in [3.05, 3.63) is 0 Å². The van der Waals surface area contributed by atoms with Crippen LogP contribution in [0, 0.1) is 5.92 Å². The van der Waals surface area contributed by atoms with E-state index in [1.807, 2.05) is 0 Å². The number of ether oxygens (including phenoxy) is 1. The predicted octanol–water partition coefficient (Wildman–Crippen LogP) is 1.29. The quantitative estimate of drug-likeness (QED) is 0.652. The molecule has 1 aliphatic carbocycles. The van der Waals surface area contributed by atoms with E-state index in [0.717, 1.165) is 25.5 Å². The molecule has 1 saturated carbocycles. The van der Waals surface area contributed by atoms with Crippen molar-refractivity contribution < 1.29 is 4.74 Å². The highest BCUT2D eigenvalue weighted by atomic mass is 16.5. The first-order valence-corrected chi connectivity index (χ1v) is 4.69. The molecule has 2 aliphatic heterocycles. The summed E-state index contributed by atoms with van der Waals surface area (Å²) in [5.74, 6) is 0.870. The highest BCUT2D eigenvalue weighted by molar-refractivity contribution is 4.91. The third kappa shape index (κ3) is 1.30. The van der Waals surface area contributed by atoms with E-state index in [-0.39, 0.29) is 5.60 Å². The number of nitrogens with two attached hydrogens (primary N) is 1. The topological polar surface area (TPSA) is 35.2 Å². The van der Waals surface area contributed by atoms with Gasteiger partial charge in [-0.1, -0.05) is 0 Å². The van der Waals surface area contributed by atoms with Gasteiger partial charge in [0.25, 0.3) is 0 Å². The zero-order valence-corrected chi connectivity index (χ0v) is 7.01. The van der Waals surface area contributed by atoms with Crippen LogP contribution in [0.4, 0.5) is 0 Å². The van der Waals surface area contributed by atoms with E-state index >= 15 is 0 Å². The minimum absolute atomic E-state index is 0.212. The first kappa shape index (κ1) is 7.56. The van der Waals surface area contributed by atoms with Crippen LogP contribution >= 0.6 is 0 Å². The largest absolute Gasteiger partial charge is 0.375 e. The Morgan fingerprint density at radius 1 is 1.36 bits per heavy atom. The maximum Gasteiger partial charge on any atom is 0.0695 e. The molecule has 0 spiro atoms. The highest BCUT2D eigenvalue weighted by Gasteiger charge is 2.40. The molecule has 11 heavy (non-hydrogen) atoms. The van der Waals surface area contributed by atoms with Crippen LogP contribution in [-0.2, 0) is 4.74 Å². The maximum atomic E-state index is 5.82. The van der Waals surface area contributed by atoms with Crippen LogP contribution in [0.25, 0.3) is 0 Å². The summed E-state index contributed by atoms with van der Waals surface area (Å²) >= 11 is 0. The van der Waals surface area contributed by atoms with Crippen molar-refractivity contribution in [1.29, 1.82) is 0 Å². The van der Waals surface area contributed by atoms with Gasteiger partial charge in [0.2, 0.25) is 0 Å². The van der Waals surface area contributed by atoms with E-state index in [1.165, 1.54) is 25.7 Å². The lowest BCUT2D eigenvalue weighted by Crippen LogP contribution is -2.46. The second-order valence-corrected chi connectivity index (χ2v) is 3.98. The summed E-state index contributed by atoms with van der Waals surface area (Å²) in [7, 11) is 0. The molecule has 3 aliphatic rings. The van der Waals surface area contributed by atoms with E-state index in [1.54, 1.807) is 0 Å². The summed E-state index contributed by atoms with van der Waals surface area (Å²) < 4.78 is 5.82. The molecule has 0 amide bonds. The lowest BCUT2D eigenvalue weighted by molar-refractivity contribution is -0.146. The molecule has 2 heterocycles. The first-order chi connectivity index (χ1) is 5.35. The molecule has 0 unspecified atom stereocenters. The Bertz CT molecular complexity index is 119. The normalized spacial score (nSPS) is 42.8. The van der Waals surface area contributed by atoms with Crippen LogP contribution in [0.15, 0.2) is 0 Å². The Morgan fingerprint density at radius 3 is 2.55 bits per heavy atom. The van der Waals surface area contributed by atoms with E-state index in [2.05, 4.69) is 0 Å². The third-order valence-corrected chi connectivity index (χ3v) is 3.24. The van der Waals surface area contributed by atoms with Crippen LogP contribution in [-0.4, -0.2) is 18.8 Å². The predicted molar refractivity (Wildman–Crippen MR) is 44.3 cm³/mol. The van der Waals surface area contributed by atoms with Gasteiger partial charge in [-0.15, -0.1) is 0 Å². The molecule has 3 fully saturated rings. The highest BCUT2D eigenvalue weighted by Crippen LogP contribution is 2.42. The minimum atomic E-state index is 0.212. The number of rotatable bonds is 2. The molecule has 2 N–H and O–H groups in total. The molecule has 0 atom stereocenters. The fraction of sp³-hybridized carbons (Fsp3) is 1.00. The smallest absolute Gasteiger partial charge is 0.0695 e. The molecule has 2 bridgehead atoms. The van der Waals surface area contributed by atoms with Gasteiger partial charge in [0.05, 0.1) is 12.2 Å². The van der Waals surface area contributed by atoms with Crippen molar-refractivity contribution in [2.24, 2.45) is 11.7 Å². The lowest BCUT2D eigenvalue weighted by Gasteiger charge is -2.46. The zero-order valence-electron chi connectivity index (χ0n) is 7.01. The van der Waals surface area contributed by atoms with Crippen LogP contribution in [0.2, 0.25) is 0 Å². The van der Waals surface area contributed by atoms with Crippen molar-refractivity contribution in [3.8, 4) is 0 Å². The second kappa shape index (κ2) is 2.76. The van der Waals surface area contributed by atoms with Crippen molar-refractivity contribution in [1.82, 2.24) is 0 Å². The van der Waals surface area contributed by atoms with Gasteiger partial charge in [-0.2, -0.15) is 0 Å². The van der Waals surface area contributed by atoms with E-state index < -0.39 is 0 Å². The van der Waals surface area contributed by atoms with Gasteiger partial charge in [-0.3, -0.25) is 0 Å². The lowest BCUT2D eigenvalue weighted by atomic mass is 9.74. The number of hydrogen-bond donors (Lipinski definition) is 1. The van der Waals surface area contributed by atoms with Crippen LogP contribution in [0.3, 0.4) is 0 Å². The van der Waals surface area contributed by atoms with Gasteiger partial charge in [-0.25, -0.2) is 0 Å². The van der Waals surface area contributed by atoms with E-state index in [9.17, 15) is 0 Å². The van der Waals surface area contributed by atoms with Crippen LogP contribution < -0.4 is 5.73 Å². The molecule has 2 nitrogen and oxygen atoms in total. The minimum Gasteiger partial charge on any atom is -0.375 e. The number of hydrogen-bond acceptors (Lipinski definition) is 2. The molecule has 0 aromatic carbocycles. The first-order valence-electron chi connectivity index (χ1n) is 4.69. The van der Waals surface area contributed by atoms with Gasteiger partial charge in [-0.05, 0) is 44.6 Å². The SMILES string of the molecule is NCCC12CCC(CC1)CO2. The van der Waals surface area contributed by atoms with Gasteiger partial charge >= 0.3 is 0 Å². The summed E-state index contributed by atoms with van der Waals surface area (Å²) in [4.78, 5) is 0. The van der Waals surface area contributed by atoms with Crippen molar-refractivity contribution in [2.75, 3.05) is 13.2 Å². The number of fused-ring (bicyclic) bond motifs is 3. The fourth-order valence-corrected chi connectivity index (χ4v) is 2.39. The van der Waals surface area contributed by atoms with Crippen molar-refractivity contribution in [3.63, 3.8) is 0 Å². The van der Waals surface area contributed by atoms with Gasteiger partial charge in [0, 0.05) is 0 Å². The third-order valence-electron chi connectivity index (χ3n) is 3.24. The Balaban J connectivity index is 2.00. The molecule has 0 aromatic rings. The molecular weight excluding hydrogens is 138 g/mol. The molecule has 0 aromatic heterocycles. The van der Waals surface area contributed by atoms with Crippen molar-refractivity contribution >= 4 is 0 Å². The average Bonchev–Trinajstić information content (AvgIpc) is 2.07. The van der Waals surface area contributed by atoms with Gasteiger partial charge in [0.1, 0.15) is 0 Å². The summed E-state index contributed by atoms with van der Waals surface area (Å²) in [5, 5.41) is 0. The fourth-order valence-electron chi connectivity index (χ4n) is 2.39. The second-order valence-electron chi connectivity index (χ2n) is 3.98. The Kier molecular flexibility index (Phi) is 1.90. The van der Waals surface area contributed by atoms with Crippen LogP contribution in [0.5, 0.6) is 0 Å². The maximum absolute atomic E-state index is 5.82. The molecule has 64 valence electrons. The van der Waals surface area contributed by atoms with Gasteiger partial charge in [0.15, 0.2) is 0 Å². The average molecular weight is 155 g/mol. The summed E-state index contributed by atoms with van der Waals surface area (Å²) in [6.45, 7) is 1.78. The Labute approximate surface area is 68.1 Å². The van der Waals surface area contributed by atoms with E-state index in [0.29, 0.717) is 0 Å².